The zero-order valence-electron chi connectivity index (χ0n) is 13.2. The van der Waals surface area contributed by atoms with Gasteiger partial charge in [-0.25, -0.2) is 0 Å². The molecule has 116 valence electrons. The molecule has 0 aliphatic rings. The van der Waals surface area contributed by atoms with Crippen LogP contribution < -0.4 is 16.0 Å². The van der Waals surface area contributed by atoms with Crippen molar-refractivity contribution in [3.05, 3.63) is 24.3 Å². The van der Waals surface area contributed by atoms with Gasteiger partial charge in [0.2, 0.25) is 11.8 Å². The van der Waals surface area contributed by atoms with Crippen molar-refractivity contribution >= 4 is 23.2 Å². The summed E-state index contributed by atoms with van der Waals surface area (Å²) in [5.74, 6) is -0.0859. The van der Waals surface area contributed by atoms with Crippen molar-refractivity contribution in [2.45, 2.75) is 40.2 Å². The van der Waals surface area contributed by atoms with E-state index in [-0.39, 0.29) is 30.3 Å². The van der Waals surface area contributed by atoms with Crippen molar-refractivity contribution in [3.63, 3.8) is 0 Å². The number of amides is 2. The molecule has 0 fully saturated rings. The topological polar surface area (TPSA) is 70.2 Å². The molecule has 2 amide bonds. The summed E-state index contributed by atoms with van der Waals surface area (Å²) in [4.78, 5) is 23.2. The third-order valence-corrected chi connectivity index (χ3v) is 3.15. The van der Waals surface area contributed by atoms with E-state index in [2.05, 4.69) is 16.0 Å². The Morgan fingerprint density at radius 3 is 2.14 bits per heavy atom. The van der Waals surface area contributed by atoms with Gasteiger partial charge >= 0.3 is 0 Å². The molecule has 0 aliphatic heterocycles. The Hall–Kier alpha value is -2.04. The van der Waals surface area contributed by atoms with E-state index >= 15 is 0 Å². The van der Waals surface area contributed by atoms with E-state index in [1.54, 1.807) is 0 Å². The summed E-state index contributed by atoms with van der Waals surface area (Å²) >= 11 is 0. The van der Waals surface area contributed by atoms with Crippen molar-refractivity contribution in [2.24, 2.45) is 5.92 Å². The van der Waals surface area contributed by atoms with Crippen LogP contribution in [0.5, 0.6) is 0 Å². The molecule has 3 N–H and O–H groups in total. The molecule has 21 heavy (non-hydrogen) atoms. The van der Waals surface area contributed by atoms with Gasteiger partial charge in [-0.15, -0.1) is 0 Å². The lowest BCUT2D eigenvalue weighted by molar-refractivity contribution is -0.120. The smallest absolute Gasteiger partial charge is 0.239 e. The first-order valence-electron chi connectivity index (χ1n) is 7.36. The number of rotatable bonds is 7. The molecule has 1 aromatic rings. The maximum atomic E-state index is 11.6. The number of benzene rings is 1. The molecular formula is C16H25N3O2. The summed E-state index contributed by atoms with van der Waals surface area (Å²) in [5.41, 5.74) is 1.60. The summed E-state index contributed by atoms with van der Waals surface area (Å²) in [5, 5.41) is 8.76. The second-order valence-corrected chi connectivity index (χ2v) is 5.45. The molecule has 5 nitrogen and oxygen atoms in total. The summed E-state index contributed by atoms with van der Waals surface area (Å²) in [6.45, 7) is 7.94. The van der Waals surface area contributed by atoms with Gasteiger partial charge < -0.3 is 16.0 Å². The van der Waals surface area contributed by atoms with Crippen LogP contribution in [0.15, 0.2) is 24.3 Å². The Kier molecular flexibility index (Phi) is 6.72. The second kappa shape index (κ2) is 8.29. The van der Waals surface area contributed by atoms with Crippen molar-refractivity contribution in [1.82, 2.24) is 5.32 Å². The van der Waals surface area contributed by atoms with Crippen LogP contribution in [0, 0.1) is 5.92 Å². The number of anilines is 2. The first kappa shape index (κ1) is 17.0. The van der Waals surface area contributed by atoms with E-state index in [0.717, 1.165) is 17.8 Å². The number of hydrogen-bond acceptors (Lipinski definition) is 3. The molecule has 0 saturated heterocycles. The van der Waals surface area contributed by atoms with Crippen LogP contribution >= 0.6 is 0 Å². The van der Waals surface area contributed by atoms with Crippen molar-refractivity contribution in [3.8, 4) is 0 Å². The van der Waals surface area contributed by atoms with Gasteiger partial charge in [-0.05, 0) is 37.6 Å². The highest BCUT2D eigenvalue weighted by Crippen LogP contribution is 2.14. The Morgan fingerprint density at radius 1 is 1.05 bits per heavy atom. The van der Waals surface area contributed by atoms with Crippen molar-refractivity contribution in [1.29, 1.82) is 0 Å². The van der Waals surface area contributed by atoms with Crippen LogP contribution in [0.4, 0.5) is 11.4 Å². The first-order valence-corrected chi connectivity index (χ1v) is 7.36. The van der Waals surface area contributed by atoms with Crippen molar-refractivity contribution < 1.29 is 9.59 Å². The lowest BCUT2D eigenvalue weighted by Crippen LogP contribution is -2.36. The molecule has 5 heteroatoms. The van der Waals surface area contributed by atoms with Crippen molar-refractivity contribution in [2.75, 3.05) is 17.2 Å². The van der Waals surface area contributed by atoms with Crippen LogP contribution in [0.25, 0.3) is 0 Å². The third-order valence-electron chi connectivity index (χ3n) is 3.15. The molecule has 0 bridgehead atoms. The normalized spacial score (nSPS) is 11.9. The molecule has 1 aromatic carbocycles. The van der Waals surface area contributed by atoms with E-state index < -0.39 is 0 Å². The van der Waals surface area contributed by atoms with Gasteiger partial charge in [0.25, 0.3) is 0 Å². The fraction of sp³-hybridized carbons (Fsp3) is 0.500. The largest absolute Gasteiger partial charge is 0.376 e. The van der Waals surface area contributed by atoms with Gasteiger partial charge in [-0.1, -0.05) is 20.8 Å². The van der Waals surface area contributed by atoms with Gasteiger partial charge in [-0.3, -0.25) is 9.59 Å². The van der Waals surface area contributed by atoms with Gasteiger partial charge in [-0.2, -0.15) is 0 Å². The molecule has 1 unspecified atom stereocenters. The zero-order valence-corrected chi connectivity index (χ0v) is 13.2. The molecule has 0 heterocycles. The predicted molar refractivity (Wildman–Crippen MR) is 86.3 cm³/mol. The Labute approximate surface area is 126 Å². The van der Waals surface area contributed by atoms with E-state index in [1.165, 1.54) is 0 Å². The minimum absolute atomic E-state index is 0.0105. The lowest BCUT2D eigenvalue weighted by Gasteiger charge is -2.13. The molecular weight excluding hydrogens is 266 g/mol. The Balaban J connectivity index is 2.44. The number of nitrogens with one attached hydrogen (secondary N) is 3. The molecule has 0 saturated carbocycles. The number of hydrogen-bond donors (Lipinski definition) is 3. The number of carbonyl (C=O) groups is 2. The molecule has 0 spiro atoms. The van der Waals surface area contributed by atoms with E-state index in [1.807, 2.05) is 52.0 Å². The molecule has 1 rings (SSSR count). The highest BCUT2D eigenvalue weighted by Gasteiger charge is 2.07. The summed E-state index contributed by atoms with van der Waals surface area (Å²) < 4.78 is 0. The standard InChI is InChI=1S/C16H25N3O2/c1-5-12(4)18-15(20)10-17-13-6-8-14(9-7-13)19-16(21)11(2)3/h6-9,11-12,17H,5,10H2,1-4H3,(H,18,20)(H,19,21). The summed E-state index contributed by atoms with van der Waals surface area (Å²) in [6.07, 6.45) is 0.913. The minimum atomic E-state index is -0.0490. The molecule has 1 atom stereocenters. The fourth-order valence-corrected chi connectivity index (χ4v) is 1.57. The lowest BCUT2D eigenvalue weighted by atomic mass is 10.2. The van der Waals surface area contributed by atoms with E-state index in [0.29, 0.717) is 0 Å². The van der Waals surface area contributed by atoms with E-state index in [9.17, 15) is 9.59 Å². The average molecular weight is 291 g/mol. The molecule has 0 aliphatic carbocycles. The van der Waals surface area contributed by atoms with Gasteiger partial charge in [0.1, 0.15) is 0 Å². The fourth-order valence-electron chi connectivity index (χ4n) is 1.57. The number of carbonyl (C=O) groups excluding carboxylic acids is 2. The van der Waals surface area contributed by atoms with Crippen LogP contribution in [-0.2, 0) is 9.59 Å². The Morgan fingerprint density at radius 2 is 1.62 bits per heavy atom. The molecule has 0 radical (unpaired) electrons. The zero-order chi connectivity index (χ0) is 15.8. The summed E-state index contributed by atoms with van der Waals surface area (Å²) in [7, 11) is 0. The highest BCUT2D eigenvalue weighted by molar-refractivity contribution is 5.92. The maximum Gasteiger partial charge on any atom is 0.239 e. The van der Waals surface area contributed by atoms with Crippen LogP contribution in [0.2, 0.25) is 0 Å². The minimum Gasteiger partial charge on any atom is -0.376 e. The highest BCUT2D eigenvalue weighted by atomic mass is 16.2. The first-order chi connectivity index (χ1) is 9.92. The SMILES string of the molecule is CCC(C)NC(=O)CNc1ccc(NC(=O)C(C)C)cc1. The van der Waals surface area contributed by atoms with Crippen LogP contribution in [-0.4, -0.2) is 24.4 Å². The summed E-state index contributed by atoms with van der Waals surface area (Å²) in [6, 6.07) is 7.50. The van der Waals surface area contributed by atoms with Crippen LogP contribution in [0.1, 0.15) is 34.1 Å². The van der Waals surface area contributed by atoms with E-state index in [4.69, 9.17) is 0 Å². The van der Waals surface area contributed by atoms with Gasteiger partial charge in [0.15, 0.2) is 0 Å². The predicted octanol–water partition coefficient (Wildman–Crippen LogP) is 2.61. The monoisotopic (exact) mass is 291 g/mol. The third kappa shape index (κ3) is 6.29. The maximum absolute atomic E-state index is 11.6. The average Bonchev–Trinajstić information content (AvgIpc) is 2.46. The Bertz CT molecular complexity index is 469. The second-order valence-electron chi connectivity index (χ2n) is 5.45. The van der Waals surface area contributed by atoms with Gasteiger partial charge in [0, 0.05) is 23.3 Å². The molecule has 0 aromatic heterocycles. The quantitative estimate of drug-likeness (QED) is 0.723. The van der Waals surface area contributed by atoms with Crippen LogP contribution in [0.3, 0.4) is 0 Å². The van der Waals surface area contributed by atoms with Gasteiger partial charge in [0.05, 0.1) is 6.54 Å².